The summed E-state index contributed by atoms with van der Waals surface area (Å²) in [5, 5.41) is 8.53. The molecule has 0 spiro atoms. The molecule has 0 amide bonds. The minimum absolute atomic E-state index is 0.0234. The fourth-order valence-electron chi connectivity index (χ4n) is 1.19. The van der Waals surface area contributed by atoms with E-state index >= 15 is 0 Å². The Labute approximate surface area is 95.3 Å². The van der Waals surface area contributed by atoms with Crippen LogP contribution in [0.1, 0.15) is 12.0 Å². The van der Waals surface area contributed by atoms with E-state index in [9.17, 15) is 8.42 Å². The van der Waals surface area contributed by atoms with E-state index in [2.05, 4.69) is 4.72 Å². The predicted molar refractivity (Wildman–Crippen MR) is 63.2 cm³/mol. The molecule has 5 nitrogen and oxygen atoms in total. The minimum Gasteiger partial charge on any atom is -0.399 e. The van der Waals surface area contributed by atoms with Gasteiger partial charge in [-0.25, -0.2) is 13.1 Å². The van der Waals surface area contributed by atoms with Gasteiger partial charge in [0.15, 0.2) is 0 Å². The van der Waals surface area contributed by atoms with Gasteiger partial charge in [-0.05, 0) is 24.1 Å². The number of hydrogen-bond donors (Lipinski definition) is 3. The highest BCUT2D eigenvalue weighted by Gasteiger charge is 2.10. The Hall–Kier alpha value is -1.11. The molecule has 1 aromatic carbocycles. The molecule has 0 radical (unpaired) electrons. The summed E-state index contributed by atoms with van der Waals surface area (Å²) < 4.78 is 25.5. The Morgan fingerprint density at radius 2 is 1.88 bits per heavy atom. The van der Waals surface area contributed by atoms with E-state index in [-0.39, 0.29) is 18.9 Å². The normalized spacial score (nSPS) is 11.6. The van der Waals surface area contributed by atoms with E-state index in [4.69, 9.17) is 10.8 Å². The summed E-state index contributed by atoms with van der Waals surface area (Å²) in [6, 6.07) is 6.69. The van der Waals surface area contributed by atoms with Crippen LogP contribution in [0.3, 0.4) is 0 Å². The lowest BCUT2D eigenvalue weighted by atomic mass is 10.2. The molecule has 4 N–H and O–H groups in total. The summed E-state index contributed by atoms with van der Waals surface area (Å²) in [6.45, 7) is 0.234. The Balaban J connectivity index is 2.55. The van der Waals surface area contributed by atoms with E-state index in [0.717, 1.165) is 0 Å². The Bertz CT molecular complexity index is 414. The lowest BCUT2D eigenvalue weighted by Gasteiger charge is -2.06. The highest BCUT2D eigenvalue weighted by molar-refractivity contribution is 7.88. The van der Waals surface area contributed by atoms with Gasteiger partial charge in [0.2, 0.25) is 10.0 Å². The van der Waals surface area contributed by atoms with E-state index < -0.39 is 10.0 Å². The van der Waals surface area contributed by atoms with Gasteiger partial charge in [-0.1, -0.05) is 12.1 Å². The maximum Gasteiger partial charge on any atom is 0.215 e. The standard InChI is InChI=1S/C10H16N2O3S/c11-10-4-2-9(3-5-10)8-16(14,15)12-6-1-7-13/h2-5,12-13H,1,6-8,11H2. The van der Waals surface area contributed by atoms with Crippen molar-refractivity contribution in [3.8, 4) is 0 Å². The van der Waals surface area contributed by atoms with Crippen molar-refractivity contribution < 1.29 is 13.5 Å². The van der Waals surface area contributed by atoms with Crippen LogP contribution in [0, 0.1) is 0 Å². The molecule has 0 aromatic heterocycles. The number of aliphatic hydroxyl groups is 1. The van der Waals surface area contributed by atoms with Crippen LogP contribution in [0.4, 0.5) is 5.69 Å². The van der Waals surface area contributed by atoms with Crippen molar-refractivity contribution in [3.63, 3.8) is 0 Å². The van der Waals surface area contributed by atoms with Crippen LogP contribution in [0.2, 0.25) is 0 Å². The van der Waals surface area contributed by atoms with Crippen molar-refractivity contribution in [2.45, 2.75) is 12.2 Å². The zero-order valence-corrected chi connectivity index (χ0v) is 9.70. The molecule has 6 heteroatoms. The highest BCUT2D eigenvalue weighted by atomic mass is 32.2. The third-order valence-corrected chi connectivity index (χ3v) is 3.35. The van der Waals surface area contributed by atoms with E-state index in [1.54, 1.807) is 24.3 Å². The molecule has 1 aromatic rings. The Morgan fingerprint density at radius 3 is 2.44 bits per heavy atom. The molecule has 0 fully saturated rings. The fraction of sp³-hybridized carbons (Fsp3) is 0.400. The van der Waals surface area contributed by atoms with Crippen molar-refractivity contribution in [1.29, 1.82) is 0 Å². The van der Waals surface area contributed by atoms with E-state index in [1.165, 1.54) is 0 Å². The zero-order valence-electron chi connectivity index (χ0n) is 8.89. The molecule has 0 bridgehead atoms. The molecule has 0 unspecified atom stereocenters. The van der Waals surface area contributed by atoms with E-state index in [0.29, 0.717) is 17.7 Å². The first-order valence-corrected chi connectivity index (χ1v) is 6.61. The van der Waals surface area contributed by atoms with Gasteiger partial charge in [0.1, 0.15) is 0 Å². The smallest absolute Gasteiger partial charge is 0.215 e. The molecule has 0 saturated carbocycles. The van der Waals surface area contributed by atoms with E-state index in [1.807, 2.05) is 0 Å². The first-order valence-electron chi connectivity index (χ1n) is 4.96. The molecule has 0 aliphatic rings. The largest absolute Gasteiger partial charge is 0.399 e. The van der Waals surface area contributed by atoms with Crippen LogP contribution in [-0.2, 0) is 15.8 Å². The van der Waals surface area contributed by atoms with Gasteiger partial charge in [-0.3, -0.25) is 0 Å². The molecule has 0 heterocycles. The van der Waals surface area contributed by atoms with Crippen LogP contribution in [0.5, 0.6) is 0 Å². The average Bonchev–Trinajstić information content (AvgIpc) is 2.21. The van der Waals surface area contributed by atoms with Crippen molar-refractivity contribution in [2.75, 3.05) is 18.9 Å². The van der Waals surface area contributed by atoms with Gasteiger partial charge >= 0.3 is 0 Å². The van der Waals surface area contributed by atoms with Gasteiger partial charge in [0.05, 0.1) is 5.75 Å². The summed E-state index contributed by atoms with van der Waals surface area (Å²) in [4.78, 5) is 0. The SMILES string of the molecule is Nc1ccc(CS(=O)(=O)NCCCO)cc1. The van der Waals surface area contributed by atoms with Gasteiger partial charge < -0.3 is 10.8 Å². The van der Waals surface area contributed by atoms with Gasteiger partial charge in [-0.2, -0.15) is 0 Å². The maximum absolute atomic E-state index is 11.5. The van der Waals surface area contributed by atoms with Crippen molar-refractivity contribution >= 4 is 15.7 Å². The van der Waals surface area contributed by atoms with Gasteiger partial charge in [-0.15, -0.1) is 0 Å². The number of hydrogen-bond acceptors (Lipinski definition) is 4. The quantitative estimate of drug-likeness (QED) is 0.488. The molecule has 90 valence electrons. The van der Waals surface area contributed by atoms with Crippen LogP contribution in [-0.4, -0.2) is 26.7 Å². The maximum atomic E-state index is 11.5. The molecule has 0 aliphatic carbocycles. The van der Waals surface area contributed by atoms with Crippen molar-refractivity contribution in [3.05, 3.63) is 29.8 Å². The lowest BCUT2D eigenvalue weighted by molar-refractivity contribution is 0.289. The number of aliphatic hydroxyl groups excluding tert-OH is 1. The lowest BCUT2D eigenvalue weighted by Crippen LogP contribution is -2.26. The molecule has 1 rings (SSSR count). The molecule has 0 aliphatic heterocycles. The summed E-state index contributed by atoms with van der Waals surface area (Å²) in [5.74, 6) is -0.0707. The molecular weight excluding hydrogens is 228 g/mol. The number of nitrogens with two attached hydrogens (primary N) is 1. The molecular formula is C10H16N2O3S. The average molecular weight is 244 g/mol. The number of nitrogens with one attached hydrogen (secondary N) is 1. The van der Waals surface area contributed by atoms with Crippen LogP contribution >= 0.6 is 0 Å². The summed E-state index contributed by atoms with van der Waals surface area (Å²) >= 11 is 0. The molecule has 16 heavy (non-hydrogen) atoms. The monoisotopic (exact) mass is 244 g/mol. The first-order chi connectivity index (χ1) is 7.53. The number of nitrogen functional groups attached to an aromatic ring is 1. The number of anilines is 1. The van der Waals surface area contributed by atoms with Gasteiger partial charge in [0.25, 0.3) is 0 Å². The summed E-state index contributed by atoms with van der Waals surface area (Å²) in [5.41, 5.74) is 6.79. The number of sulfonamides is 1. The zero-order chi connectivity index (χ0) is 12.0. The number of rotatable bonds is 6. The molecule has 0 saturated heterocycles. The third-order valence-electron chi connectivity index (χ3n) is 1.99. The van der Waals surface area contributed by atoms with Crippen molar-refractivity contribution in [2.24, 2.45) is 0 Å². The fourth-order valence-corrected chi connectivity index (χ4v) is 2.38. The Morgan fingerprint density at radius 1 is 1.25 bits per heavy atom. The summed E-state index contributed by atoms with van der Waals surface area (Å²) in [6.07, 6.45) is 0.418. The predicted octanol–water partition coefficient (Wildman–Crippen LogP) is 0.0706. The van der Waals surface area contributed by atoms with Crippen molar-refractivity contribution in [1.82, 2.24) is 4.72 Å². The topological polar surface area (TPSA) is 92.4 Å². The Kier molecular flexibility index (Phi) is 4.72. The third kappa shape index (κ3) is 4.61. The first kappa shape index (κ1) is 13.0. The van der Waals surface area contributed by atoms with Crippen LogP contribution in [0.15, 0.2) is 24.3 Å². The van der Waals surface area contributed by atoms with Gasteiger partial charge in [0, 0.05) is 18.8 Å². The second kappa shape index (κ2) is 5.83. The second-order valence-corrected chi connectivity index (χ2v) is 5.28. The van der Waals surface area contributed by atoms with Crippen LogP contribution in [0.25, 0.3) is 0 Å². The number of benzene rings is 1. The second-order valence-electron chi connectivity index (χ2n) is 3.47. The summed E-state index contributed by atoms with van der Waals surface area (Å²) in [7, 11) is -3.32. The minimum atomic E-state index is -3.32. The molecule has 0 atom stereocenters. The van der Waals surface area contributed by atoms with Crippen LogP contribution < -0.4 is 10.5 Å². The highest BCUT2D eigenvalue weighted by Crippen LogP contribution is 2.08.